The average Bonchev–Trinajstić information content (AvgIpc) is 2.74. The van der Waals surface area contributed by atoms with Gasteiger partial charge in [0.15, 0.2) is 0 Å². The summed E-state index contributed by atoms with van der Waals surface area (Å²) in [5, 5.41) is 20.6. The molecule has 154 valence electrons. The lowest BCUT2D eigenvalue weighted by Gasteiger charge is -2.43. The lowest BCUT2D eigenvalue weighted by molar-refractivity contribution is -0.165. The summed E-state index contributed by atoms with van der Waals surface area (Å²) in [6.45, 7) is 0.317. The van der Waals surface area contributed by atoms with Gasteiger partial charge >= 0.3 is 5.97 Å². The number of aryl methyl sites for hydroxylation is 1. The van der Waals surface area contributed by atoms with Crippen molar-refractivity contribution < 1.29 is 24.5 Å². The number of carboxylic acid groups (broad SMARTS) is 1. The van der Waals surface area contributed by atoms with E-state index in [1.165, 1.54) is 0 Å². The number of likely N-dealkylation sites (tertiary alicyclic amines) is 1. The zero-order chi connectivity index (χ0) is 20.9. The molecule has 7 nitrogen and oxygen atoms in total. The maximum Gasteiger partial charge on any atom is 0.314 e. The first-order chi connectivity index (χ1) is 13.9. The largest absolute Gasteiger partial charge is 0.497 e. The number of aromatic nitrogens is 1. The molecule has 1 aromatic heterocycles. The molecule has 1 aliphatic rings. The van der Waals surface area contributed by atoms with Crippen LogP contribution < -0.4 is 4.74 Å². The topological polar surface area (TPSA) is 100.0 Å². The number of pyridine rings is 1. The van der Waals surface area contributed by atoms with E-state index >= 15 is 0 Å². The normalized spacial score (nSPS) is 21.6. The molecule has 3 rings (SSSR count). The Morgan fingerprint density at radius 2 is 2.10 bits per heavy atom. The Labute approximate surface area is 170 Å². The minimum absolute atomic E-state index is 0.0260. The van der Waals surface area contributed by atoms with Crippen LogP contribution in [-0.4, -0.2) is 58.3 Å². The molecule has 1 aromatic carbocycles. The van der Waals surface area contributed by atoms with Crippen molar-refractivity contribution in [2.45, 2.75) is 31.8 Å². The first-order valence-electron chi connectivity index (χ1n) is 9.67. The molecule has 29 heavy (non-hydrogen) atoms. The molecule has 2 heterocycles. The third-order valence-corrected chi connectivity index (χ3v) is 5.54. The summed E-state index contributed by atoms with van der Waals surface area (Å²) in [7, 11) is 1.55. The van der Waals surface area contributed by atoms with Gasteiger partial charge in [0.1, 0.15) is 11.2 Å². The van der Waals surface area contributed by atoms with Crippen molar-refractivity contribution in [3.05, 3.63) is 59.9 Å². The summed E-state index contributed by atoms with van der Waals surface area (Å²) in [5.41, 5.74) is 0.109. The number of ether oxygens (including phenoxy) is 1. The molecular weight excluding hydrogens is 372 g/mol. The van der Waals surface area contributed by atoms with E-state index in [4.69, 9.17) is 4.74 Å². The number of amides is 1. The lowest BCUT2D eigenvalue weighted by atomic mass is 9.72. The van der Waals surface area contributed by atoms with Gasteiger partial charge in [0.05, 0.1) is 13.2 Å². The van der Waals surface area contributed by atoms with Crippen LogP contribution in [0.3, 0.4) is 0 Å². The third kappa shape index (κ3) is 4.74. The number of aliphatic carboxylic acids is 1. The first-order valence-corrected chi connectivity index (χ1v) is 9.67. The standard InChI is InChI=1S/C22H26N2O5/c1-29-18-7-4-5-16(13-18)14-22(21(27)28)15-24(12-10-19(22)25)20(26)9-8-17-6-2-3-11-23-17/h2-7,11,13,19,25H,8-10,12,14-15H2,1H3,(H,27,28)/t19-,22+/m0/s1. The molecule has 1 fully saturated rings. The fourth-order valence-electron chi connectivity index (χ4n) is 3.84. The van der Waals surface area contributed by atoms with Crippen molar-refractivity contribution in [3.63, 3.8) is 0 Å². The van der Waals surface area contributed by atoms with Crippen molar-refractivity contribution in [2.24, 2.45) is 5.41 Å². The van der Waals surface area contributed by atoms with Crippen molar-refractivity contribution in [2.75, 3.05) is 20.2 Å². The molecule has 1 saturated heterocycles. The number of carboxylic acids is 1. The van der Waals surface area contributed by atoms with Crippen LogP contribution in [0.1, 0.15) is 24.1 Å². The van der Waals surface area contributed by atoms with Gasteiger partial charge in [-0.05, 0) is 49.1 Å². The summed E-state index contributed by atoms with van der Waals surface area (Å²) < 4.78 is 5.22. The van der Waals surface area contributed by atoms with Crippen LogP contribution >= 0.6 is 0 Å². The van der Waals surface area contributed by atoms with Crippen LogP contribution in [0.4, 0.5) is 0 Å². The summed E-state index contributed by atoms with van der Waals surface area (Å²) in [6.07, 6.45) is 1.74. The number of methoxy groups -OCH3 is 1. The molecule has 2 aromatic rings. The number of nitrogens with zero attached hydrogens (tertiary/aromatic N) is 2. The smallest absolute Gasteiger partial charge is 0.314 e. The van der Waals surface area contributed by atoms with Crippen LogP contribution in [0.15, 0.2) is 48.7 Å². The van der Waals surface area contributed by atoms with Gasteiger partial charge in [-0.2, -0.15) is 0 Å². The molecule has 2 atom stereocenters. The number of carbonyl (C=O) groups excluding carboxylic acids is 1. The molecule has 2 N–H and O–H groups in total. The molecule has 0 aliphatic carbocycles. The second-order valence-corrected chi connectivity index (χ2v) is 7.43. The van der Waals surface area contributed by atoms with Crippen molar-refractivity contribution in [1.82, 2.24) is 9.88 Å². The number of piperidine rings is 1. The summed E-state index contributed by atoms with van der Waals surface area (Å²) >= 11 is 0. The second-order valence-electron chi connectivity index (χ2n) is 7.43. The van der Waals surface area contributed by atoms with E-state index in [0.29, 0.717) is 18.7 Å². The van der Waals surface area contributed by atoms with E-state index in [9.17, 15) is 19.8 Å². The fraction of sp³-hybridized carbons (Fsp3) is 0.409. The Balaban J connectivity index is 1.75. The van der Waals surface area contributed by atoms with Crippen LogP contribution in [0.25, 0.3) is 0 Å². The van der Waals surface area contributed by atoms with Crippen molar-refractivity contribution in [1.29, 1.82) is 0 Å². The molecule has 0 bridgehead atoms. The average molecular weight is 398 g/mol. The first kappa shape index (κ1) is 20.8. The second kappa shape index (κ2) is 9.05. The quantitative estimate of drug-likeness (QED) is 0.739. The fourth-order valence-corrected chi connectivity index (χ4v) is 3.84. The predicted octanol–water partition coefficient (Wildman–Crippen LogP) is 1.93. The highest BCUT2D eigenvalue weighted by molar-refractivity contribution is 5.80. The number of hydrogen-bond acceptors (Lipinski definition) is 5. The summed E-state index contributed by atoms with van der Waals surface area (Å²) in [4.78, 5) is 30.8. The SMILES string of the molecule is COc1cccc(C[C@@]2(C(=O)O)CN(C(=O)CCc3ccccn3)CC[C@@H]2O)c1. The molecule has 1 amide bonds. The van der Waals surface area contributed by atoms with Crippen LogP contribution in [0.5, 0.6) is 5.75 Å². The Morgan fingerprint density at radius 1 is 1.28 bits per heavy atom. The van der Waals surface area contributed by atoms with Crippen LogP contribution in [-0.2, 0) is 22.4 Å². The summed E-state index contributed by atoms with van der Waals surface area (Å²) in [5.74, 6) is -0.606. The van der Waals surface area contributed by atoms with E-state index in [0.717, 1.165) is 11.3 Å². The molecule has 0 spiro atoms. The van der Waals surface area contributed by atoms with Crippen LogP contribution in [0.2, 0.25) is 0 Å². The van der Waals surface area contributed by atoms with Gasteiger partial charge in [-0.25, -0.2) is 0 Å². The maximum absolute atomic E-state index is 12.7. The Bertz CT molecular complexity index is 857. The molecule has 0 unspecified atom stereocenters. The summed E-state index contributed by atoms with van der Waals surface area (Å²) in [6, 6.07) is 12.7. The Kier molecular flexibility index (Phi) is 6.49. The highest BCUT2D eigenvalue weighted by Crippen LogP contribution is 2.35. The molecule has 7 heteroatoms. The van der Waals surface area contributed by atoms with Gasteiger partial charge in [0.25, 0.3) is 0 Å². The molecule has 1 aliphatic heterocycles. The zero-order valence-electron chi connectivity index (χ0n) is 16.5. The Morgan fingerprint density at radius 3 is 2.79 bits per heavy atom. The van der Waals surface area contributed by atoms with Crippen LogP contribution in [0, 0.1) is 5.41 Å². The highest BCUT2D eigenvalue weighted by atomic mass is 16.5. The minimum Gasteiger partial charge on any atom is -0.497 e. The van der Waals surface area contributed by atoms with Gasteiger partial charge in [-0.15, -0.1) is 0 Å². The molecule has 0 saturated carbocycles. The molecule has 0 radical (unpaired) electrons. The Hall–Kier alpha value is -2.93. The van der Waals surface area contributed by atoms with Gasteiger partial charge < -0.3 is 19.8 Å². The van der Waals surface area contributed by atoms with E-state index < -0.39 is 17.5 Å². The monoisotopic (exact) mass is 398 g/mol. The van der Waals surface area contributed by atoms with E-state index in [1.54, 1.807) is 36.4 Å². The van der Waals surface area contributed by atoms with E-state index in [1.807, 2.05) is 24.3 Å². The van der Waals surface area contributed by atoms with E-state index in [-0.39, 0.29) is 31.7 Å². The number of benzene rings is 1. The number of rotatable bonds is 7. The van der Waals surface area contributed by atoms with Gasteiger partial charge in [0.2, 0.25) is 5.91 Å². The van der Waals surface area contributed by atoms with Crippen molar-refractivity contribution >= 4 is 11.9 Å². The predicted molar refractivity (Wildman–Crippen MR) is 107 cm³/mol. The number of carbonyl (C=O) groups is 2. The number of hydrogen-bond donors (Lipinski definition) is 2. The highest BCUT2D eigenvalue weighted by Gasteiger charge is 2.50. The number of aliphatic hydroxyl groups excluding tert-OH is 1. The zero-order valence-corrected chi connectivity index (χ0v) is 16.5. The van der Waals surface area contributed by atoms with Crippen molar-refractivity contribution in [3.8, 4) is 5.75 Å². The maximum atomic E-state index is 12.7. The lowest BCUT2D eigenvalue weighted by Crippen LogP contribution is -2.58. The minimum atomic E-state index is -1.45. The molecular formula is C22H26N2O5. The van der Waals surface area contributed by atoms with Gasteiger partial charge in [-0.3, -0.25) is 14.6 Å². The van der Waals surface area contributed by atoms with E-state index in [2.05, 4.69) is 4.98 Å². The number of aliphatic hydroxyl groups is 1. The third-order valence-electron chi connectivity index (χ3n) is 5.54. The van der Waals surface area contributed by atoms with Gasteiger partial charge in [0, 0.05) is 31.4 Å². The van der Waals surface area contributed by atoms with Gasteiger partial charge in [-0.1, -0.05) is 18.2 Å².